The monoisotopic (exact) mass is 412 g/mol. The molecule has 0 saturated carbocycles. The van der Waals surface area contributed by atoms with Crippen LogP contribution in [0.3, 0.4) is 0 Å². The molecule has 31 heavy (non-hydrogen) atoms. The Hall–Kier alpha value is -3.87. The number of H-pyrrole nitrogens is 1. The van der Waals surface area contributed by atoms with Crippen LogP contribution in [-0.4, -0.2) is 51.9 Å². The highest BCUT2D eigenvalue weighted by Gasteiger charge is 2.18. The molecule has 2 N–H and O–H groups in total. The third-order valence-electron chi connectivity index (χ3n) is 5.73. The maximum absolute atomic E-state index is 11.5. The summed E-state index contributed by atoms with van der Waals surface area (Å²) in [4.78, 5) is 28.1. The van der Waals surface area contributed by atoms with Gasteiger partial charge in [-0.3, -0.25) is 4.79 Å². The Balaban J connectivity index is 1.30. The number of para-hydroxylation sites is 1. The number of amides is 1. The van der Waals surface area contributed by atoms with E-state index in [1.54, 1.807) is 13.1 Å². The van der Waals surface area contributed by atoms with Crippen molar-refractivity contribution in [2.24, 2.45) is 0 Å². The summed E-state index contributed by atoms with van der Waals surface area (Å²) in [7, 11) is 0. The fraction of sp³-hybridized carbons (Fsp3) is 0.208. The summed E-state index contributed by atoms with van der Waals surface area (Å²) in [5.74, 6) is 0.708. The number of carbonyl (C=O) groups is 1. The molecule has 0 atom stereocenters. The van der Waals surface area contributed by atoms with Gasteiger partial charge in [0.15, 0.2) is 0 Å². The summed E-state index contributed by atoms with van der Waals surface area (Å²) in [5.41, 5.74) is 5.10. The highest BCUT2D eigenvalue weighted by Crippen LogP contribution is 2.28. The standard InChI is InChI=1S/C24H24N6O/c1-17(31)29-12-14-30(15-13-29)19-8-6-18(7-9-19)27-24-25-11-10-23(28-24)21-16-26-22-5-3-2-4-20(21)22/h2-11,16,26H,12-15H2,1H3,(H,25,27,28). The van der Waals surface area contributed by atoms with Crippen molar-refractivity contribution in [2.75, 3.05) is 36.4 Å². The molecular formula is C24H24N6O. The van der Waals surface area contributed by atoms with Gasteiger partial charge in [0.1, 0.15) is 0 Å². The molecule has 7 heteroatoms. The SMILES string of the molecule is CC(=O)N1CCN(c2ccc(Nc3nccc(-c4c[nH]c5ccccc45)n3)cc2)CC1. The van der Waals surface area contributed by atoms with Gasteiger partial charge in [0, 0.05) is 73.3 Å². The number of aromatic nitrogens is 3. The predicted octanol–water partition coefficient (Wildman–Crippen LogP) is 4.04. The number of anilines is 3. The molecular weight excluding hydrogens is 388 g/mol. The first-order valence-corrected chi connectivity index (χ1v) is 10.4. The molecule has 3 heterocycles. The molecule has 1 amide bonds. The van der Waals surface area contributed by atoms with E-state index in [1.807, 2.05) is 41.4 Å². The zero-order chi connectivity index (χ0) is 21.2. The molecule has 7 nitrogen and oxygen atoms in total. The van der Waals surface area contributed by atoms with E-state index < -0.39 is 0 Å². The predicted molar refractivity (Wildman–Crippen MR) is 124 cm³/mol. The van der Waals surface area contributed by atoms with Crippen molar-refractivity contribution in [1.82, 2.24) is 19.9 Å². The van der Waals surface area contributed by atoms with Crippen LogP contribution >= 0.6 is 0 Å². The van der Waals surface area contributed by atoms with Gasteiger partial charge in [0.25, 0.3) is 0 Å². The molecule has 156 valence electrons. The van der Waals surface area contributed by atoms with Crippen LogP contribution in [0.2, 0.25) is 0 Å². The minimum Gasteiger partial charge on any atom is -0.368 e. The number of benzene rings is 2. The van der Waals surface area contributed by atoms with Crippen LogP contribution in [-0.2, 0) is 4.79 Å². The summed E-state index contributed by atoms with van der Waals surface area (Å²) >= 11 is 0. The summed E-state index contributed by atoms with van der Waals surface area (Å²) in [6.45, 7) is 4.86. The molecule has 2 aromatic heterocycles. The van der Waals surface area contributed by atoms with Crippen molar-refractivity contribution >= 4 is 34.1 Å². The molecule has 1 saturated heterocycles. The van der Waals surface area contributed by atoms with E-state index in [0.717, 1.165) is 59.7 Å². The first-order chi connectivity index (χ1) is 15.2. The number of fused-ring (bicyclic) bond motifs is 1. The second-order valence-corrected chi connectivity index (χ2v) is 7.68. The number of hydrogen-bond acceptors (Lipinski definition) is 5. The van der Waals surface area contributed by atoms with E-state index >= 15 is 0 Å². The van der Waals surface area contributed by atoms with Gasteiger partial charge in [-0.05, 0) is 36.4 Å². The molecule has 5 rings (SSSR count). The lowest BCUT2D eigenvalue weighted by molar-refractivity contribution is -0.129. The number of piperazine rings is 1. The average molecular weight is 412 g/mol. The minimum atomic E-state index is 0.147. The van der Waals surface area contributed by atoms with Crippen LogP contribution in [0.15, 0.2) is 67.0 Å². The van der Waals surface area contributed by atoms with Gasteiger partial charge in [0.05, 0.1) is 5.69 Å². The van der Waals surface area contributed by atoms with E-state index in [0.29, 0.717) is 5.95 Å². The summed E-state index contributed by atoms with van der Waals surface area (Å²) in [6.07, 6.45) is 3.76. The average Bonchev–Trinajstić information content (AvgIpc) is 3.24. The van der Waals surface area contributed by atoms with Gasteiger partial charge < -0.3 is 20.1 Å². The molecule has 4 aromatic rings. The zero-order valence-electron chi connectivity index (χ0n) is 17.4. The highest BCUT2D eigenvalue weighted by molar-refractivity contribution is 5.94. The number of aromatic amines is 1. The van der Waals surface area contributed by atoms with Gasteiger partial charge in [-0.15, -0.1) is 0 Å². The third kappa shape index (κ3) is 3.94. The lowest BCUT2D eigenvalue weighted by atomic mass is 10.1. The normalized spacial score (nSPS) is 14.1. The lowest BCUT2D eigenvalue weighted by Gasteiger charge is -2.35. The molecule has 1 fully saturated rings. The largest absolute Gasteiger partial charge is 0.368 e. The molecule has 2 aromatic carbocycles. The van der Waals surface area contributed by atoms with Crippen LogP contribution in [0.1, 0.15) is 6.92 Å². The first kappa shape index (κ1) is 19.1. The van der Waals surface area contributed by atoms with Gasteiger partial charge >= 0.3 is 0 Å². The van der Waals surface area contributed by atoms with E-state index in [2.05, 4.69) is 44.5 Å². The molecule has 0 radical (unpaired) electrons. The molecule has 1 aliphatic rings. The van der Waals surface area contributed by atoms with Gasteiger partial charge in [-0.25, -0.2) is 9.97 Å². The van der Waals surface area contributed by atoms with E-state index in [9.17, 15) is 4.79 Å². The third-order valence-corrected chi connectivity index (χ3v) is 5.73. The number of nitrogens with zero attached hydrogens (tertiary/aromatic N) is 4. The second kappa shape index (κ2) is 8.10. The Bertz CT molecular complexity index is 1210. The fourth-order valence-corrected chi connectivity index (χ4v) is 4.02. The summed E-state index contributed by atoms with van der Waals surface area (Å²) in [6, 6.07) is 18.4. The van der Waals surface area contributed by atoms with Gasteiger partial charge in [-0.1, -0.05) is 18.2 Å². The number of carbonyl (C=O) groups excluding carboxylic acids is 1. The smallest absolute Gasteiger partial charge is 0.227 e. The van der Waals surface area contributed by atoms with Crippen LogP contribution in [0.25, 0.3) is 22.2 Å². The van der Waals surface area contributed by atoms with Crippen LogP contribution in [0, 0.1) is 0 Å². The topological polar surface area (TPSA) is 77.2 Å². The van der Waals surface area contributed by atoms with Crippen molar-refractivity contribution in [3.8, 4) is 11.3 Å². The summed E-state index contributed by atoms with van der Waals surface area (Å²) < 4.78 is 0. The van der Waals surface area contributed by atoms with Crippen molar-refractivity contribution in [1.29, 1.82) is 0 Å². The number of hydrogen-bond donors (Lipinski definition) is 2. The quantitative estimate of drug-likeness (QED) is 0.529. The van der Waals surface area contributed by atoms with Crippen LogP contribution in [0.4, 0.5) is 17.3 Å². The second-order valence-electron chi connectivity index (χ2n) is 7.68. The van der Waals surface area contributed by atoms with Gasteiger partial charge in [0.2, 0.25) is 11.9 Å². The van der Waals surface area contributed by atoms with Crippen molar-refractivity contribution < 1.29 is 4.79 Å². The maximum atomic E-state index is 11.5. The van der Waals surface area contributed by atoms with E-state index in [-0.39, 0.29) is 5.91 Å². The van der Waals surface area contributed by atoms with Crippen molar-refractivity contribution in [2.45, 2.75) is 6.92 Å². The zero-order valence-corrected chi connectivity index (χ0v) is 17.4. The number of rotatable bonds is 4. The summed E-state index contributed by atoms with van der Waals surface area (Å²) in [5, 5.41) is 4.44. The first-order valence-electron chi connectivity index (χ1n) is 10.4. The van der Waals surface area contributed by atoms with Crippen molar-refractivity contribution in [3.05, 3.63) is 67.0 Å². The Labute approximate surface area is 180 Å². The highest BCUT2D eigenvalue weighted by atomic mass is 16.2. The van der Waals surface area contributed by atoms with E-state index in [4.69, 9.17) is 4.98 Å². The fourth-order valence-electron chi connectivity index (χ4n) is 4.02. The Morgan fingerprint density at radius 1 is 1.00 bits per heavy atom. The molecule has 0 aliphatic carbocycles. The maximum Gasteiger partial charge on any atom is 0.227 e. The Kier molecular flexibility index (Phi) is 5.00. The minimum absolute atomic E-state index is 0.147. The number of nitrogens with one attached hydrogen (secondary N) is 2. The Morgan fingerprint density at radius 3 is 2.55 bits per heavy atom. The Morgan fingerprint density at radius 2 is 1.77 bits per heavy atom. The lowest BCUT2D eigenvalue weighted by Crippen LogP contribution is -2.48. The molecule has 0 spiro atoms. The molecule has 0 bridgehead atoms. The van der Waals surface area contributed by atoms with Crippen LogP contribution < -0.4 is 10.2 Å². The van der Waals surface area contributed by atoms with E-state index in [1.165, 1.54) is 0 Å². The molecule has 1 aliphatic heterocycles. The molecule has 0 unspecified atom stereocenters. The van der Waals surface area contributed by atoms with Crippen LogP contribution in [0.5, 0.6) is 0 Å². The van der Waals surface area contributed by atoms with Crippen molar-refractivity contribution in [3.63, 3.8) is 0 Å². The van der Waals surface area contributed by atoms with Gasteiger partial charge in [-0.2, -0.15) is 0 Å².